The largest absolute Gasteiger partial charge is 0.276 e. The van der Waals surface area contributed by atoms with E-state index < -0.39 is 9.85 Å². The first kappa shape index (κ1) is 18.3. The van der Waals surface area contributed by atoms with E-state index in [4.69, 9.17) is 0 Å². The number of allylic oxidation sites excluding steroid dienone is 2. The third-order valence-electron chi connectivity index (χ3n) is 5.94. The van der Waals surface area contributed by atoms with Gasteiger partial charge in [0, 0.05) is 24.0 Å². The fourth-order valence-corrected chi connectivity index (χ4v) is 4.98. The molecule has 6 nitrogen and oxygen atoms in total. The molecule has 1 saturated carbocycles. The molecular weight excluding hydrogens is 356 g/mol. The zero-order chi connectivity index (χ0) is 20.1. The highest BCUT2D eigenvalue weighted by molar-refractivity contribution is 5.59. The van der Waals surface area contributed by atoms with Crippen molar-refractivity contribution < 1.29 is 9.85 Å². The summed E-state index contributed by atoms with van der Waals surface area (Å²) in [6.07, 6.45) is 5.17. The van der Waals surface area contributed by atoms with Crippen molar-refractivity contribution in [2.75, 3.05) is 0 Å². The van der Waals surface area contributed by atoms with Gasteiger partial charge in [-0.15, -0.1) is 0 Å². The quantitative estimate of drug-likeness (QED) is 0.413. The zero-order valence-electron chi connectivity index (χ0n) is 15.7. The fraction of sp³-hybridized carbons (Fsp3) is 0.273. The highest BCUT2D eigenvalue weighted by atomic mass is 16.6. The SMILES string of the molecule is CC1(C)[C](c2ccccc2)C2C=CCC2[C]1c1cc([N+](=O)[O-])cc([N+](=O)[O-])c1. The van der Waals surface area contributed by atoms with Crippen molar-refractivity contribution in [3.05, 3.63) is 104 Å². The molecule has 28 heavy (non-hydrogen) atoms. The van der Waals surface area contributed by atoms with Crippen LogP contribution in [0.2, 0.25) is 0 Å². The van der Waals surface area contributed by atoms with Gasteiger partial charge >= 0.3 is 0 Å². The van der Waals surface area contributed by atoms with Crippen molar-refractivity contribution in [2.45, 2.75) is 20.3 Å². The van der Waals surface area contributed by atoms with Crippen LogP contribution in [0.3, 0.4) is 0 Å². The molecule has 0 heterocycles. The maximum Gasteiger partial charge on any atom is 0.276 e. The molecule has 2 atom stereocenters. The molecule has 1 fully saturated rings. The average Bonchev–Trinajstić information content (AvgIpc) is 3.18. The lowest BCUT2D eigenvalue weighted by Gasteiger charge is -2.34. The summed E-state index contributed by atoms with van der Waals surface area (Å²) in [5.41, 5.74) is 0.871. The molecule has 4 rings (SSSR count). The van der Waals surface area contributed by atoms with Gasteiger partial charge in [-0.3, -0.25) is 20.2 Å². The third kappa shape index (κ3) is 2.80. The second-order valence-electron chi connectivity index (χ2n) is 7.87. The lowest BCUT2D eigenvalue weighted by molar-refractivity contribution is -0.394. The van der Waals surface area contributed by atoms with Crippen LogP contribution in [0.5, 0.6) is 0 Å². The lowest BCUT2D eigenvalue weighted by atomic mass is 9.68. The highest BCUT2D eigenvalue weighted by Gasteiger charge is 2.57. The van der Waals surface area contributed by atoms with Crippen LogP contribution in [-0.2, 0) is 0 Å². The average molecular weight is 376 g/mol. The number of rotatable bonds is 4. The fourth-order valence-electron chi connectivity index (χ4n) is 4.98. The molecule has 0 aromatic heterocycles. The van der Waals surface area contributed by atoms with E-state index in [2.05, 4.69) is 38.1 Å². The number of benzene rings is 2. The molecule has 142 valence electrons. The van der Waals surface area contributed by atoms with Crippen molar-refractivity contribution in [1.29, 1.82) is 0 Å². The molecule has 0 bridgehead atoms. The van der Waals surface area contributed by atoms with Crippen molar-refractivity contribution in [1.82, 2.24) is 0 Å². The van der Waals surface area contributed by atoms with Crippen LogP contribution < -0.4 is 0 Å². The van der Waals surface area contributed by atoms with E-state index in [1.54, 1.807) is 0 Å². The number of nitro groups is 2. The van der Waals surface area contributed by atoms with Gasteiger partial charge in [-0.05, 0) is 34.8 Å². The van der Waals surface area contributed by atoms with E-state index in [1.165, 1.54) is 18.1 Å². The van der Waals surface area contributed by atoms with Gasteiger partial charge in [-0.25, -0.2) is 0 Å². The lowest BCUT2D eigenvalue weighted by Crippen LogP contribution is -2.26. The molecule has 2 aliphatic rings. The van der Waals surface area contributed by atoms with Crippen molar-refractivity contribution in [3.8, 4) is 0 Å². The molecule has 2 aromatic carbocycles. The summed E-state index contributed by atoms with van der Waals surface area (Å²) < 4.78 is 0. The molecule has 0 aliphatic heterocycles. The maximum atomic E-state index is 11.4. The molecule has 2 aromatic rings. The summed E-state index contributed by atoms with van der Waals surface area (Å²) in [7, 11) is 0. The van der Waals surface area contributed by atoms with Crippen molar-refractivity contribution in [2.24, 2.45) is 17.3 Å². The molecular formula is C22H20N2O4. The molecule has 0 saturated heterocycles. The highest BCUT2D eigenvalue weighted by Crippen LogP contribution is 2.64. The number of non-ortho nitro benzene ring substituents is 2. The maximum absolute atomic E-state index is 11.4. The molecule has 0 amide bonds. The minimum absolute atomic E-state index is 0.159. The number of fused-ring (bicyclic) bond motifs is 1. The normalized spacial score (nSPS) is 23.6. The van der Waals surface area contributed by atoms with Gasteiger partial charge in [-0.2, -0.15) is 0 Å². The summed E-state index contributed by atoms with van der Waals surface area (Å²) in [6.45, 7) is 4.23. The van der Waals surface area contributed by atoms with E-state index >= 15 is 0 Å². The molecule has 2 unspecified atom stereocenters. The Balaban J connectivity index is 1.86. The Morgan fingerprint density at radius 2 is 1.50 bits per heavy atom. The Morgan fingerprint density at radius 3 is 2.07 bits per heavy atom. The van der Waals surface area contributed by atoms with Crippen LogP contribution in [0, 0.1) is 49.3 Å². The Morgan fingerprint density at radius 1 is 0.893 bits per heavy atom. The minimum Gasteiger partial charge on any atom is -0.258 e. The van der Waals surface area contributed by atoms with Gasteiger partial charge in [0.2, 0.25) is 0 Å². The first-order valence-corrected chi connectivity index (χ1v) is 9.21. The van der Waals surface area contributed by atoms with Gasteiger partial charge in [0.15, 0.2) is 0 Å². The van der Waals surface area contributed by atoms with Gasteiger partial charge in [0.25, 0.3) is 11.4 Å². The molecule has 2 radical (unpaired) electrons. The van der Waals surface area contributed by atoms with Crippen LogP contribution >= 0.6 is 0 Å². The predicted octanol–water partition coefficient (Wildman–Crippen LogP) is 5.28. The third-order valence-corrected chi connectivity index (χ3v) is 5.94. The first-order valence-electron chi connectivity index (χ1n) is 9.21. The van der Waals surface area contributed by atoms with E-state index in [1.807, 2.05) is 18.2 Å². The number of hydrogen-bond acceptors (Lipinski definition) is 4. The Labute approximate surface area is 163 Å². The van der Waals surface area contributed by atoms with Crippen LogP contribution in [-0.4, -0.2) is 9.85 Å². The van der Waals surface area contributed by atoms with Gasteiger partial charge < -0.3 is 0 Å². The van der Waals surface area contributed by atoms with Crippen LogP contribution in [0.1, 0.15) is 31.4 Å². The summed E-state index contributed by atoms with van der Waals surface area (Å²) >= 11 is 0. The van der Waals surface area contributed by atoms with Crippen LogP contribution in [0.25, 0.3) is 0 Å². The van der Waals surface area contributed by atoms with Crippen molar-refractivity contribution in [3.63, 3.8) is 0 Å². The van der Waals surface area contributed by atoms with E-state index in [-0.39, 0.29) is 28.6 Å². The predicted molar refractivity (Wildman–Crippen MR) is 105 cm³/mol. The van der Waals surface area contributed by atoms with E-state index in [9.17, 15) is 20.2 Å². The Bertz CT molecular complexity index is 936. The van der Waals surface area contributed by atoms with Gasteiger partial charge in [-0.1, -0.05) is 56.3 Å². The topological polar surface area (TPSA) is 86.3 Å². The summed E-state index contributed by atoms with van der Waals surface area (Å²) in [5, 5.41) is 22.7. The standard InChI is InChI=1S/C22H20N2O4/c1-22(2)20(14-7-4-3-5-8-14)18-9-6-10-19(18)21(22)15-11-16(23(25)26)13-17(12-15)24(27)28/h3-9,11-13,18-19H,10H2,1-2H3. The molecule has 2 aliphatic carbocycles. The minimum atomic E-state index is -0.564. The van der Waals surface area contributed by atoms with Crippen LogP contribution in [0.15, 0.2) is 60.7 Å². The second kappa shape index (κ2) is 6.55. The summed E-state index contributed by atoms with van der Waals surface area (Å²) in [6, 6.07) is 14.1. The van der Waals surface area contributed by atoms with E-state index in [0.29, 0.717) is 5.56 Å². The van der Waals surface area contributed by atoms with Crippen molar-refractivity contribution >= 4 is 11.4 Å². The monoisotopic (exact) mass is 376 g/mol. The zero-order valence-corrected chi connectivity index (χ0v) is 15.7. The van der Waals surface area contributed by atoms with Gasteiger partial charge in [0.1, 0.15) is 0 Å². The number of nitro benzene ring substituents is 2. The number of hydrogen-bond donors (Lipinski definition) is 0. The summed E-state index contributed by atoms with van der Waals surface area (Å²) in [4.78, 5) is 21.6. The van der Waals surface area contributed by atoms with Gasteiger partial charge in [0.05, 0.1) is 15.9 Å². The van der Waals surface area contributed by atoms with E-state index in [0.717, 1.165) is 24.0 Å². The smallest absolute Gasteiger partial charge is 0.258 e. The first-order chi connectivity index (χ1) is 13.3. The Hall–Kier alpha value is -3.02. The Kier molecular flexibility index (Phi) is 4.29. The van der Waals surface area contributed by atoms with Crippen LogP contribution in [0.4, 0.5) is 11.4 Å². The molecule has 0 N–H and O–H groups in total. The second-order valence-corrected chi connectivity index (χ2v) is 7.87. The molecule has 0 spiro atoms. The molecule has 6 heteroatoms. The number of nitrogens with zero attached hydrogens (tertiary/aromatic N) is 2. The summed E-state index contributed by atoms with van der Waals surface area (Å²) in [5.74, 6) is 2.65.